The monoisotopic (exact) mass is 380 g/mol. The average molecular weight is 381 g/mol. The van der Waals surface area contributed by atoms with Gasteiger partial charge in [-0.05, 0) is 54.9 Å². The second-order valence-electron chi connectivity index (χ2n) is 9.51. The predicted molar refractivity (Wildman–Crippen MR) is 103 cm³/mol. The van der Waals surface area contributed by atoms with Crippen LogP contribution in [0.1, 0.15) is 66.2 Å². The molecule has 1 aliphatic heterocycles. The van der Waals surface area contributed by atoms with Gasteiger partial charge in [0.25, 0.3) is 0 Å². The Morgan fingerprint density at radius 2 is 2.00 bits per heavy atom. The quantitative estimate of drug-likeness (QED) is 0.420. The van der Waals surface area contributed by atoms with Crippen molar-refractivity contribution in [3.05, 3.63) is 11.6 Å². The molecule has 6 atom stereocenters. The number of epoxide rings is 1. The fraction of sp³-hybridized carbons (Fsp3) is 0.864. The van der Waals surface area contributed by atoms with Gasteiger partial charge in [-0.25, -0.2) is 0 Å². The molecule has 2 aliphatic carbocycles. The maximum atomic E-state index is 11.8. The Balaban J connectivity index is 1.93. The summed E-state index contributed by atoms with van der Waals surface area (Å²) in [5.41, 5.74) is 0.792. The Kier molecular flexibility index (Phi) is 5.77. The molecule has 2 saturated carbocycles. The number of aliphatic hydroxyl groups excluding tert-OH is 2. The number of aliphatic hydroxyl groups is 2. The zero-order chi connectivity index (χ0) is 19.9. The second kappa shape index (κ2) is 7.49. The van der Waals surface area contributed by atoms with Gasteiger partial charge >= 0.3 is 5.97 Å². The van der Waals surface area contributed by atoms with Crippen LogP contribution < -0.4 is 0 Å². The van der Waals surface area contributed by atoms with Crippen LogP contribution in [-0.4, -0.2) is 47.7 Å². The van der Waals surface area contributed by atoms with E-state index in [2.05, 4.69) is 20.8 Å². The van der Waals surface area contributed by atoms with Crippen molar-refractivity contribution in [3.8, 4) is 0 Å². The Labute approximate surface area is 163 Å². The summed E-state index contributed by atoms with van der Waals surface area (Å²) in [6.45, 7) is 8.97. The Morgan fingerprint density at radius 3 is 2.56 bits per heavy atom. The third-order valence-corrected chi connectivity index (χ3v) is 8.28. The highest BCUT2D eigenvalue weighted by molar-refractivity contribution is 5.66. The first-order valence-electron chi connectivity index (χ1n) is 10.4. The van der Waals surface area contributed by atoms with E-state index < -0.39 is 6.10 Å². The number of hydrogen-bond donors (Lipinski definition) is 2. The van der Waals surface area contributed by atoms with E-state index >= 15 is 0 Å². The van der Waals surface area contributed by atoms with Gasteiger partial charge in [0.05, 0.1) is 25.4 Å². The summed E-state index contributed by atoms with van der Waals surface area (Å²) in [6.07, 6.45) is 7.60. The molecule has 0 aromatic rings. The highest BCUT2D eigenvalue weighted by Gasteiger charge is 2.68. The summed E-state index contributed by atoms with van der Waals surface area (Å²) in [6, 6.07) is 0. The van der Waals surface area contributed by atoms with Crippen molar-refractivity contribution in [1.82, 2.24) is 0 Å². The Bertz CT molecular complexity index is 596. The maximum absolute atomic E-state index is 11.8. The second-order valence-corrected chi connectivity index (χ2v) is 9.51. The molecule has 0 radical (unpaired) electrons. The first-order valence-corrected chi connectivity index (χ1v) is 10.4. The highest BCUT2D eigenvalue weighted by Crippen LogP contribution is 2.68. The topological polar surface area (TPSA) is 79.3 Å². The van der Waals surface area contributed by atoms with Gasteiger partial charge in [0.1, 0.15) is 6.10 Å². The van der Waals surface area contributed by atoms with Crippen LogP contribution in [0.4, 0.5) is 0 Å². The van der Waals surface area contributed by atoms with E-state index in [1.807, 2.05) is 0 Å². The average Bonchev–Trinajstić information content (AvgIpc) is 3.39. The molecule has 154 valence electrons. The van der Waals surface area contributed by atoms with Gasteiger partial charge in [0, 0.05) is 12.3 Å². The van der Waals surface area contributed by atoms with Crippen LogP contribution in [0.3, 0.4) is 0 Å². The van der Waals surface area contributed by atoms with E-state index in [4.69, 9.17) is 9.47 Å². The molecular weight excluding hydrogens is 344 g/mol. The van der Waals surface area contributed by atoms with Crippen LogP contribution in [0.25, 0.3) is 0 Å². The molecule has 0 bridgehead atoms. The summed E-state index contributed by atoms with van der Waals surface area (Å²) in [5, 5.41) is 19.1. The van der Waals surface area contributed by atoms with Crippen molar-refractivity contribution >= 4 is 5.97 Å². The molecule has 1 spiro atoms. The zero-order valence-electron chi connectivity index (χ0n) is 17.3. The molecule has 5 nitrogen and oxygen atoms in total. The van der Waals surface area contributed by atoms with Gasteiger partial charge < -0.3 is 19.7 Å². The molecule has 3 fully saturated rings. The molecule has 1 heterocycles. The van der Waals surface area contributed by atoms with Crippen LogP contribution in [-0.2, 0) is 14.3 Å². The van der Waals surface area contributed by atoms with Crippen molar-refractivity contribution in [2.24, 2.45) is 22.7 Å². The fourth-order valence-electron chi connectivity index (χ4n) is 6.33. The molecular formula is C22H36O5. The lowest BCUT2D eigenvalue weighted by molar-refractivity contribution is -0.155. The van der Waals surface area contributed by atoms with E-state index in [9.17, 15) is 15.0 Å². The largest absolute Gasteiger partial charge is 0.458 e. The smallest absolute Gasteiger partial charge is 0.303 e. The van der Waals surface area contributed by atoms with Gasteiger partial charge in [0.15, 0.2) is 0 Å². The predicted octanol–water partition coefficient (Wildman–Crippen LogP) is 3.23. The van der Waals surface area contributed by atoms with Crippen molar-refractivity contribution in [3.63, 3.8) is 0 Å². The minimum atomic E-state index is -0.493. The van der Waals surface area contributed by atoms with Crippen molar-refractivity contribution < 1.29 is 24.5 Å². The normalized spacial score (nSPS) is 42.5. The van der Waals surface area contributed by atoms with Crippen molar-refractivity contribution in [2.75, 3.05) is 19.8 Å². The summed E-state index contributed by atoms with van der Waals surface area (Å²) in [5.74, 6) is 0.645. The van der Waals surface area contributed by atoms with Gasteiger partial charge in [-0.1, -0.05) is 33.3 Å². The molecule has 27 heavy (non-hydrogen) atoms. The molecule has 0 amide bonds. The number of ether oxygens (including phenoxy) is 2. The third-order valence-electron chi connectivity index (χ3n) is 8.28. The summed E-state index contributed by atoms with van der Waals surface area (Å²) < 4.78 is 11.7. The van der Waals surface area contributed by atoms with Crippen LogP contribution in [0.5, 0.6) is 0 Å². The number of carbonyl (C=O) groups is 1. The minimum absolute atomic E-state index is 0.0177. The van der Waals surface area contributed by atoms with Gasteiger partial charge in [-0.2, -0.15) is 0 Å². The lowest BCUT2D eigenvalue weighted by Crippen LogP contribution is -2.57. The van der Waals surface area contributed by atoms with Crippen LogP contribution in [0, 0.1) is 22.7 Å². The van der Waals surface area contributed by atoms with E-state index in [0.29, 0.717) is 23.8 Å². The molecule has 0 unspecified atom stereocenters. The van der Waals surface area contributed by atoms with E-state index in [1.54, 1.807) is 6.08 Å². The number of rotatable bonds is 6. The summed E-state index contributed by atoms with van der Waals surface area (Å²) in [4.78, 5) is 11.8. The minimum Gasteiger partial charge on any atom is -0.458 e. The Hall–Kier alpha value is -0.910. The van der Waals surface area contributed by atoms with Crippen molar-refractivity contribution in [2.45, 2.75) is 77.9 Å². The lowest BCUT2D eigenvalue weighted by Gasteiger charge is -2.60. The van der Waals surface area contributed by atoms with Gasteiger partial charge in [-0.15, -0.1) is 0 Å². The van der Waals surface area contributed by atoms with Gasteiger partial charge in [-0.3, -0.25) is 4.79 Å². The molecule has 5 heteroatoms. The first-order chi connectivity index (χ1) is 12.7. The number of hydrogen-bond acceptors (Lipinski definition) is 5. The summed E-state index contributed by atoms with van der Waals surface area (Å²) >= 11 is 0. The van der Waals surface area contributed by atoms with E-state index in [-0.39, 0.29) is 35.6 Å². The molecule has 3 rings (SSSR count). The molecule has 3 aliphatic rings. The number of esters is 1. The van der Waals surface area contributed by atoms with E-state index in [1.165, 1.54) is 26.2 Å². The van der Waals surface area contributed by atoms with Gasteiger partial charge in [0.2, 0.25) is 0 Å². The van der Waals surface area contributed by atoms with Crippen LogP contribution in [0.2, 0.25) is 0 Å². The van der Waals surface area contributed by atoms with Crippen LogP contribution >= 0.6 is 0 Å². The zero-order valence-corrected chi connectivity index (χ0v) is 17.3. The molecule has 0 aromatic carbocycles. The molecule has 2 N–H and O–H groups in total. The Morgan fingerprint density at radius 1 is 1.30 bits per heavy atom. The van der Waals surface area contributed by atoms with Crippen molar-refractivity contribution in [1.29, 1.82) is 0 Å². The number of fused-ring (bicyclic) bond motifs is 2. The number of carbonyl (C=O) groups excluding carboxylic acids is 1. The fourth-order valence-corrected chi connectivity index (χ4v) is 6.33. The third kappa shape index (κ3) is 3.47. The lowest BCUT2D eigenvalue weighted by atomic mass is 9.44. The SMILES string of the molecule is CC(=O)O[C@H](C[C@@]1(C)[C@H](C)CC[C@]2(C)[C@H]1CCC[C@@]21CO1)/C(=C/CO)CO. The maximum Gasteiger partial charge on any atom is 0.303 e. The van der Waals surface area contributed by atoms with E-state index in [0.717, 1.165) is 19.4 Å². The molecule has 1 saturated heterocycles. The standard InChI is InChI=1S/C22H36O5/c1-15-7-10-21(4)19(6-5-9-22(21)14-26-22)20(15,3)12-18(27-16(2)25)17(13-24)8-11-23/h8,15,18-19,23-24H,5-7,9-14H2,1-4H3/b17-8+/t15-,18-,19+,20+,21-,22-/m1/s1. The first kappa shape index (κ1) is 20.8. The highest BCUT2D eigenvalue weighted by atomic mass is 16.6. The van der Waals surface area contributed by atoms with Crippen LogP contribution in [0.15, 0.2) is 11.6 Å². The molecule has 0 aromatic heterocycles. The summed E-state index contributed by atoms with van der Waals surface area (Å²) in [7, 11) is 0.